The van der Waals surface area contributed by atoms with Gasteiger partial charge >= 0.3 is 0 Å². The summed E-state index contributed by atoms with van der Waals surface area (Å²) in [4.78, 5) is 30.6. The highest BCUT2D eigenvalue weighted by atomic mass is 16.5. The van der Waals surface area contributed by atoms with Gasteiger partial charge in [-0.05, 0) is 69.7 Å². The zero-order valence-electron chi connectivity index (χ0n) is 20.2. The molecule has 0 spiro atoms. The Kier molecular flexibility index (Phi) is 8.45. The Morgan fingerprint density at radius 3 is 2.50 bits per heavy atom. The van der Waals surface area contributed by atoms with Gasteiger partial charge in [0, 0.05) is 19.6 Å². The van der Waals surface area contributed by atoms with Crippen LogP contribution in [0.2, 0.25) is 0 Å². The van der Waals surface area contributed by atoms with Gasteiger partial charge in [0.1, 0.15) is 17.6 Å². The molecule has 6 nitrogen and oxygen atoms in total. The minimum absolute atomic E-state index is 0.00114. The predicted octanol–water partition coefficient (Wildman–Crippen LogP) is 4.93. The van der Waals surface area contributed by atoms with Crippen molar-refractivity contribution in [2.45, 2.75) is 64.0 Å². The van der Waals surface area contributed by atoms with Crippen molar-refractivity contribution < 1.29 is 19.1 Å². The number of hydrogen-bond acceptors (Lipinski definition) is 4. The summed E-state index contributed by atoms with van der Waals surface area (Å²) in [6, 6.07) is 17.0. The van der Waals surface area contributed by atoms with Crippen LogP contribution in [0, 0.1) is 0 Å². The van der Waals surface area contributed by atoms with E-state index < -0.39 is 0 Å². The van der Waals surface area contributed by atoms with Crippen LogP contribution < -0.4 is 9.47 Å². The summed E-state index contributed by atoms with van der Waals surface area (Å²) in [7, 11) is 0. The van der Waals surface area contributed by atoms with Crippen LogP contribution in [0.4, 0.5) is 0 Å². The number of carbonyl (C=O) groups excluding carboxylic acids is 2. The van der Waals surface area contributed by atoms with E-state index in [1.807, 2.05) is 71.3 Å². The SMILES string of the molecule is CCN1CCCCCN(C(=O)COc2ccccc2)[C@@H]2CCCC[C@@H]2Oc2ccccc2C1=O. The fraction of sp³-hybridized carbons (Fsp3) is 0.500. The Hall–Kier alpha value is -3.02. The lowest BCUT2D eigenvalue weighted by atomic mass is 9.90. The Balaban J connectivity index is 1.58. The average molecular weight is 465 g/mol. The topological polar surface area (TPSA) is 59.1 Å². The average Bonchev–Trinajstić information content (AvgIpc) is 2.89. The molecule has 1 saturated carbocycles. The first-order valence-electron chi connectivity index (χ1n) is 12.7. The molecule has 0 bridgehead atoms. The number of fused-ring (bicyclic) bond motifs is 2. The lowest BCUT2D eigenvalue weighted by Crippen LogP contribution is -2.52. The molecule has 2 aromatic carbocycles. The van der Waals surface area contributed by atoms with Crippen molar-refractivity contribution in [2.75, 3.05) is 26.2 Å². The molecule has 2 amide bonds. The van der Waals surface area contributed by atoms with Gasteiger partial charge in [0.15, 0.2) is 6.61 Å². The molecule has 1 aliphatic carbocycles. The number of ether oxygens (including phenoxy) is 2. The number of rotatable bonds is 4. The van der Waals surface area contributed by atoms with Gasteiger partial charge in [0.25, 0.3) is 11.8 Å². The summed E-state index contributed by atoms with van der Waals surface area (Å²) in [5.41, 5.74) is 0.609. The van der Waals surface area contributed by atoms with E-state index in [9.17, 15) is 9.59 Å². The summed E-state index contributed by atoms with van der Waals surface area (Å²) in [6.07, 6.45) is 6.54. The second kappa shape index (κ2) is 11.9. The molecule has 0 unspecified atom stereocenters. The molecule has 2 aromatic rings. The van der Waals surface area contributed by atoms with Crippen molar-refractivity contribution in [1.82, 2.24) is 9.80 Å². The van der Waals surface area contributed by atoms with Crippen LogP contribution in [0.1, 0.15) is 62.2 Å². The number of amides is 2. The highest BCUT2D eigenvalue weighted by molar-refractivity contribution is 5.97. The number of para-hydroxylation sites is 2. The molecule has 34 heavy (non-hydrogen) atoms. The molecule has 1 fully saturated rings. The van der Waals surface area contributed by atoms with E-state index in [0.29, 0.717) is 36.7 Å². The molecule has 0 saturated heterocycles. The van der Waals surface area contributed by atoms with E-state index in [1.165, 1.54) is 0 Å². The maximum absolute atomic E-state index is 13.4. The molecule has 0 radical (unpaired) electrons. The fourth-order valence-electron chi connectivity index (χ4n) is 5.04. The molecular formula is C28H36N2O4. The van der Waals surface area contributed by atoms with Gasteiger partial charge < -0.3 is 19.3 Å². The first kappa shape index (κ1) is 24.1. The van der Waals surface area contributed by atoms with Gasteiger partial charge in [-0.1, -0.05) is 36.8 Å². The Morgan fingerprint density at radius 1 is 0.941 bits per heavy atom. The molecule has 0 aromatic heterocycles. The second-order valence-corrected chi connectivity index (χ2v) is 9.14. The first-order chi connectivity index (χ1) is 16.7. The largest absolute Gasteiger partial charge is 0.487 e. The summed E-state index contributed by atoms with van der Waals surface area (Å²) in [5.74, 6) is 1.34. The highest BCUT2D eigenvalue weighted by Crippen LogP contribution is 2.31. The number of benzene rings is 2. The van der Waals surface area contributed by atoms with Crippen LogP contribution in [0.3, 0.4) is 0 Å². The third-order valence-electron chi connectivity index (χ3n) is 6.89. The van der Waals surface area contributed by atoms with E-state index in [4.69, 9.17) is 9.47 Å². The third-order valence-corrected chi connectivity index (χ3v) is 6.89. The van der Waals surface area contributed by atoms with Crippen LogP contribution in [0.15, 0.2) is 54.6 Å². The van der Waals surface area contributed by atoms with Gasteiger partial charge in [-0.2, -0.15) is 0 Å². The minimum Gasteiger partial charge on any atom is -0.487 e. The summed E-state index contributed by atoms with van der Waals surface area (Å²) in [6.45, 7) is 4.10. The van der Waals surface area contributed by atoms with E-state index in [1.54, 1.807) is 0 Å². The Morgan fingerprint density at radius 2 is 1.68 bits per heavy atom. The lowest BCUT2D eigenvalue weighted by molar-refractivity contribution is -0.139. The quantitative estimate of drug-likeness (QED) is 0.644. The highest BCUT2D eigenvalue weighted by Gasteiger charge is 2.35. The second-order valence-electron chi connectivity index (χ2n) is 9.14. The number of carbonyl (C=O) groups is 2. The van der Waals surface area contributed by atoms with E-state index >= 15 is 0 Å². The standard InChI is InChI=1S/C28H36N2O4/c1-2-29-19-11-4-12-20-30(27(31)21-33-22-13-5-3-6-14-22)24-16-8-10-18-26(24)34-25-17-9-7-15-23(25)28(29)32/h3,5-7,9,13-15,17,24,26H,2,4,8,10-12,16,18-21H2,1H3/t24-,26+/m1/s1. The Bertz CT molecular complexity index is 948. The van der Waals surface area contributed by atoms with Gasteiger partial charge in [-0.15, -0.1) is 0 Å². The van der Waals surface area contributed by atoms with Crippen molar-refractivity contribution in [3.05, 3.63) is 60.2 Å². The van der Waals surface area contributed by atoms with Crippen molar-refractivity contribution in [1.29, 1.82) is 0 Å². The molecule has 2 atom stereocenters. The maximum Gasteiger partial charge on any atom is 0.260 e. The molecule has 182 valence electrons. The summed E-state index contributed by atoms with van der Waals surface area (Å²) >= 11 is 0. The van der Waals surface area contributed by atoms with E-state index in [-0.39, 0.29) is 30.6 Å². The Labute approximate surface area is 202 Å². The fourth-order valence-corrected chi connectivity index (χ4v) is 5.04. The normalized spacial score (nSPS) is 21.7. The van der Waals surface area contributed by atoms with Crippen LogP contribution in [0.25, 0.3) is 0 Å². The molecule has 2 aliphatic rings. The summed E-state index contributed by atoms with van der Waals surface area (Å²) in [5, 5.41) is 0. The van der Waals surface area contributed by atoms with Crippen LogP contribution in [-0.2, 0) is 4.79 Å². The molecule has 1 heterocycles. The minimum atomic E-state index is -0.140. The smallest absolute Gasteiger partial charge is 0.260 e. The maximum atomic E-state index is 13.4. The van der Waals surface area contributed by atoms with Crippen LogP contribution in [0.5, 0.6) is 11.5 Å². The monoisotopic (exact) mass is 464 g/mol. The van der Waals surface area contributed by atoms with Crippen molar-refractivity contribution in [3.63, 3.8) is 0 Å². The zero-order chi connectivity index (χ0) is 23.8. The van der Waals surface area contributed by atoms with Crippen molar-refractivity contribution >= 4 is 11.8 Å². The third kappa shape index (κ3) is 5.91. The van der Waals surface area contributed by atoms with Crippen molar-refractivity contribution in [2.24, 2.45) is 0 Å². The van der Waals surface area contributed by atoms with Gasteiger partial charge in [0.2, 0.25) is 0 Å². The molecule has 6 heteroatoms. The number of hydrogen-bond donors (Lipinski definition) is 0. The van der Waals surface area contributed by atoms with E-state index in [0.717, 1.165) is 44.9 Å². The van der Waals surface area contributed by atoms with Crippen molar-refractivity contribution in [3.8, 4) is 11.5 Å². The van der Waals surface area contributed by atoms with Crippen LogP contribution in [-0.4, -0.2) is 60.0 Å². The van der Waals surface area contributed by atoms with E-state index in [2.05, 4.69) is 0 Å². The lowest BCUT2D eigenvalue weighted by Gasteiger charge is -2.40. The summed E-state index contributed by atoms with van der Waals surface area (Å²) < 4.78 is 12.3. The molecule has 1 aliphatic heterocycles. The first-order valence-corrected chi connectivity index (χ1v) is 12.7. The molecular weight excluding hydrogens is 428 g/mol. The van der Waals surface area contributed by atoms with Gasteiger partial charge in [0.05, 0.1) is 11.6 Å². The van der Waals surface area contributed by atoms with Gasteiger partial charge in [-0.25, -0.2) is 0 Å². The molecule has 4 rings (SSSR count). The van der Waals surface area contributed by atoms with Gasteiger partial charge in [-0.3, -0.25) is 9.59 Å². The predicted molar refractivity (Wildman–Crippen MR) is 132 cm³/mol. The number of nitrogens with zero attached hydrogens (tertiary/aromatic N) is 2. The molecule has 0 N–H and O–H groups in total. The van der Waals surface area contributed by atoms with Crippen LogP contribution >= 0.6 is 0 Å². The zero-order valence-corrected chi connectivity index (χ0v) is 20.2.